The average molecular weight is 295 g/mol. The van der Waals surface area contributed by atoms with Gasteiger partial charge in [0, 0.05) is 16.2 Å². The summed E-state index contributed by atoms with van der Waals surface area (Å²) in [4.78, 5) is 25.9. The van der Waals surface area contributed by atoms with E-state index >= 15 is 0 Å². The number of aryl methyl sites for hydroxylation is 1. The van der Waals surface area contributed by atoms with Gasteiger partial charge >= 0.3 is 5.97 Å². The van der Waals surface area contributed by atoms with E-state index in [0.29, 0.717) is 19.4 Å². The van der Waals surface area contributed by atoms with E-state index in [1.165, 1.54) is 4.88 Å². The number of aliphatic carboxylic acids is 1. The number of hydrogen-bond donors (Lipinski definition) is 2. The van der Waals surface area contributed by atoms with Gasteiger partial charge in [0.1, 0.15) is 0 Å². The minimum Gasteiger partial charge on any atom is -0.481 e. The van der Waals surface area contributed by atoms with Crippen molar-refractivity contribution in [1.29, 1.82) is 0 Å². The Morgan fingerprint density at radius 1 is 1.30 bits per heavy atom. The summed E-state index contributed by atoms with van der Waals surface area (Å²) in [5.74, 6) is -0.973. The van der Waals surface area contributed by atoms with Crippen LogP contribution in [0.3, 0.4) is 0 Å². The minimum absolute atomic E-state index is 0.104. The fraction of sp³-hybridized carbons (Fsp3) is 0.600. The minimum atomic E-state index is -0.840. The first kappa shape index (κ1) is 15.0. The zero-order valence-electron chi connectivity index (χ0n) is 11.8. The molecule has 110 valence electrons. The van der Waals surface area contributed by atoms with E-state index in [0.717, 1.165) is 24.1 Å². The van der Waals surface area contributed by atoms with Crippen LogP contribution in [0.5, 0.6) is 0 Å². The summed E-state index contributed by atoms with van der Waals surface area (Å²) in [6, 6.07) is 4.01. The summed E-state index contributed by atoms with van der Waals surface area (Å²) >= 11 is 1.65. The van der Waals surface area contributed by atoms with Crippen molar-refractivity contribution in [2.45, 2.75) is 52.0 Å². The van der Waals surface area contributed by atoms with Crippen molar-refractivity contribution < 1.29 is 14.7 Å². The normalized spacial score (nSPS) is 17.6. The lowest BCUT2D eigenvalue weighted by Gasteiger charge is -2.32. The molecule has 0 unspecified atom stereocenters. The van der Waals surface area contributed by atoms with Gasteiger partial charge in [-0.3, -0.25) is 9.59 Å². The Hall–Kier alpha value is -1.36. The van der Waals surface area contributed by atoms with Crippen LogP contribution in [0.1, 0.15) is 48.3 Å². The van der Waals surface area contributed by atoms with Gasteiger partial charge in [0.15, 0.2) is 0 Å². The molecule has 0 bridgehead atoms. The van der Waals surface area contributed by atoms with Crippen molar-refractivity contribution in [3.63, 3.8) is 0 Å². The summed E-state index contributed by atoms with van der Waals surface area (Å²) in [6.45, 7) is 2.52. The number of rotatable bonds is 5. The topological polar surface area (TPSA) is 66.4 Å². The zero-order valence-corrected chi connectivity index (χ0v) is 12.6. The maximum atomic E-state index is 12.0. The largest absolute Gasteiger partial charge is 0.481 e. The molecule has 1 saturated carbocycles. The average Bonchev–Trinajstić information content (AvgIpc) is 2.83. The van der Waals surface area contributed by atoms with Crippen LogP contribution in [0, 0.1) is 12.3 Å². The Balaban J connectivity index is 1.90. The molecule has 0 saturated heterocycles. The lowest BCUT2D eigenvalue weighted by atomic mass is 9.71. The van der Waals surface area contributed by atoms with Gasteiger partial charge in [-0.15, -0.1) is 11.3 Å². The number of carbonyl (C=O) groups excluding carboxylic acids is 1. The van der Waals surface area contributed by atoms with E-state index in [4.69, 9.17) is 0 Å². The molecule has 5 heteroatoms. The zero-order chi connectivity index (χ0) is 14.6. The molecule has 0 aliphatic heterocycles. The molecule has 1 fully saturated rings. The highest BCUT2D eigenvalue weighted by Gasteiger charge is 2.41. The Morgan fingerprint density at radius 2 is 2.00 bits per heavy atom. The predicted molar refractivity (Wildman–Crippen MR) is 78.7 cm³/mol. The Morgan fingerprint density at radius 3 is 2.55 bits per heavy atom. The number of carbonyl (C=O) groups is 2. The van der Waals surface area contributed by atoms with Gasteiger partial charge in [0.05, 0.1) is 12.0 Å². The highest BCUT2D eigenvalue weighted by Crippen LogP contribution is 2.39. The molecule has 1 aromatic heterocycles. The van der Waals surface area contributed by atoms with Crippen LogP contribution in [0.15, 0.2) is 12.1 Å². The van der Waals surface area contributed by atoms with Gasteiger partial charge in [-0.25, -0.2) is 0 Å². The van der Waals surface area contributed by atoms with Gasteiger partial charge < -0.3 is 10.4 Å². The quantitative estimate of drug-likeness (QED) is 0.877. The van der Waals surface area contributed by atoms with Crippen molar-refractivity contribution in [1.82, 2.24) is 5.32 Å². The van der Waals surface area contributed by atoms with E-state index in [1.54, 1.807) is 11.3 Å². The van der Waals surface area contributed by atoms with Crippen LogP contribution in [0.4, 0.5) is 0 Å². The van der Waals surface area contributed by atoms with Crippen molar-refractivity contribution in [3.8, 4) is 0 Å². The fourth-order valence-corrected chi connectivity index (χ4v) is 3.66. The first-order valence-corrected chi connectivity index (χ1v) is 7.89. The first-order chi connectivity index (χ1) is 9.52. The van der Waals surface area contributed by atoms with Crippen molar-refractivity contribution in [3.05, 3.63) is 21.9 Å². The first-order valence-electron chi connectivity index (χ1n) is 7.07. The summed E-state index contributed by atoms with van der Waals surface area (Å²) in [6.07, 6.45) is 4.23. The third-order valence-electron chi connectivity index (χ3n) is 4.02. The monoisotopic (exact) mass is 295 g/mol. The molecule has 1 amide bonds. The smallest absolute Gasteiger partial charge is 0.310 e. The predicted octanol–water partition coefficient (Wildman–Crippen LogP) is 3.10. The molecule has 4 nitrogen and oxygen atoms in total. The molecule has 0 atom stereocenters. The van der Waals surface area contributed by atoms with E-state index in [2.05, 4.69) is 5.32 Å². The maximum absolute atomic E-state index is 12.0. The second-order valence-electron chi connectivity index (χ2n) is 5.61. The van der Waals surface area contributed by atoms with Gasteiger partial charge in [-0.1, -0.05) is 19.3 Å². The van der Waals surface area contributed by atoms with E-state index < -0.39 is 11.4 Å². The van der Waals surface area contributed by atoms with Crippen LogP contribution in [0.2, 0.25) is 0 Å². The SMILES string of the molecule is Cc1ccc(CNC(=O)CC2(C(=O)O)CCCCC2)s1. The Kier molecular flexibility index (Phi) is 4.81. The molecule has 0 radical (unpaired) electrons. The summed E-state index contributed by atoms with van der Waals surface area (Å²) < 4.78 is 0. The molecule has 0 aromatic carbocycles. The van der Waals surface area contributed by atoms with E-state index in [9.17, 15) is 14.7 Å². The second kappa shape index (κ2) is 6.39. The van der Waals surface area contributed by atoms with Gasteiger partial charge in [-0.2, -0.15) is 0 Å². The molecular weight excluding hydrogens is 274 g/mol. The highest BCUT2D eigenvalue weighted by molar-refractivity contribution is 7.11. The molecule has 2 N–H and O–H groups in total. The fourth-order valence-electron chi connectivity index (χ4n) is 2.83. The van der Waals surface area contributed by atoms with Crippen LogP contribution < -0.4 is 5.32 Å². The van der Waals surface area contributed by atoms with Crippen molar-refractivity contribution in [2.75, 3.05) is 0 Å². The molecular formula is C15H21NO3S. The van der Waals surface area contributed by atoms with Crippen LogP contribution >= 0.6 is 11.3 Å². The van der Waals surface area contributed by atoms with Crippen molar-refractivity contribution >= 4 is 23.2 Å². The third kappa shape index (κ3) is 3.60. The summed E-state index contributed by atoms with van der Waals surface area (Å²) in [5.41, 5.74) is -0.840. The van der Waals surface area contributed by atoms with Crippen LogP contribution in [-0.4, -0.2) is 17.0 Å². The van der Waals surface area contributed by atoms with Gasteiger partial charge in [0.25, 0.3) is 0 Å². The van der Waals surface area contributed by atoms with Crippen LogP contribution in [-0.2, 0) is 16.1 Å². The van der Waals surface area contributed by atoms with E-state index in [1.807, 2.05) is 19.1 Å². The lowest BCUT2D eigenvalue weighted by molar-refractivity contribution is -0.154. The van der Waals surface area contributed by atoms with Crippen LogP contribution in [0.25, 0.3) is 0 Å². The Bertz CT molecular complexity index is 489. The summed E-state index contributed by atoms with van der Waals surface area (Å²) in [7, 11) is 0. The van der Waals surface area contributed by atoms with Crippen molar-refractivity contribution in [2.24, 2.45) is 5.41 Å². The third-order valence-corrected chi connectivity index (χ3v) is 5.02. The number of carboxylic acids is 1. The molecule has 1 heterocycles. The number of amides is 1. The van der Waals surface area contributed by atoms with Gasteiger partial charge in [0.2, 0.25) is 5.91 Å². The number of carboxylic acid groups (broad SMARTS) is 1. The lowest BCUT2D eigenvalue weighted by Crippen LogP contribution is -2.38. The standard InChI is InChI=1S/C15H21NO3S/c1-11-5-6-12(20-11)10-16-13(17)9-15(14(18)19)7-3-2-4-8-15/h5-6H,2-4,7-10H2,1H3,(H,16,17)(H,18,19). The summed E-state index contributed by atoms with van der Waals surface area (Å²) in [5, 5.41) is 12.3. The molecule has 1 aliphatic rings. The molecule has 2 rings (SSSR count). The highest BCUT2D eigenvalue weighted by atomic mass is 32.1. The molecule has 0 spiro atoms. The molecule has 20 heavy (non-hydrogen) atoms. The van der Waals surface area contributed by atoms with E-state index in [-0.39, 0.29) is 12.3 Å². The maximum Gasteiger partial charge on any atom is 0.310 e. The number of hydrogen-bond acceptors (Lipinski definition) is 3. The van der Waals surface area contributed by atoms with Gasteiger partial charge in [-0.05, 0) is 31.9 Å². The number of thiophene rings is 1. The number of nitrogens with one attached hydrogen (secondary N) is 1. The Labute approximate surface area is 123 Å². The molecule has 1 aliphatic carbocycles. The molecule has 1 aromatic rings. The second-order valence-corrected chi connectivity index (χ2v) is 6.98.